The zero-order chi connectivity index (χ0) is 18.5. The summed E-state index contributed by atoms with van der Waals surface area (Å²) in [6, 6.07) is 14.9. The van der Waals surface area contributed by atoms with Gasteiger partial charge in [-0.1, -0.05) is 71.4 Å². The minimum atomic E-state index is 0.500. The first-order chi connectivity index (χ1) is 11.1. The summed E-state index contributed by atoms with van der Waals surface area (Å²) in [6.45, 7) is 17.1. The number of nitrogen functional groups attached to an aromatic ring is 1. The number of hydrogen-bond acceptors (Lipinski definition) is 1. The number of fused-ring (bicyclic) bond motifs is 2. The summed E-state index contributed by atoms with van der Waals surface area (Å²) in [7, 11) is 0. The molecule has 2 N–H and O–H groups in total. The molecule has 0 saturated heterocycles. The number of rotatable bonds is 0. The summed E-state index contributed by atoms with van der Waals surface area (Å²) < 4.78 is 0. The summed E-state index contributed by atoms with van der Waals surface area (Å²) in [4.78, 5) is 0. The summed E-state index contributed by atoms with van der Waals surface area (Å²) in [5.41, 5.74) is 9.79. The average Bonchev–Trinajstić information content (AvgIpc) is 2.47. The van der Waals surface area contributed by atoms with E-state index in [0.717, 1.165) is 5.69 Å². The highest BCUT2D eigenvalue weighted by Gasteiger charge is 2.04. The molecule has 0 saturated carbocycles. The maximum Gasteiger partial charge on any atom is 0.0320 e. The van der Waals surface area contributed by atoms with E-state index in [1.54, 1.807) is 0 Å². The fraction of sp³-hybridized carbons (Fsp3) is 0.391. The number of benzene rings is 3. The highest BCUT2D eigenvalue weighted by Crippen LogP contribution is 2.29. The number of aryl methyl sites for hydroxylation is 2. The van der Waals surface area contributed by atoms with Crippen LogP contribution in [-0.2, 0) is 0 Å². The molecule has 1 nitrogen and oxygen atoms in total. The summed E-state index contributed by atoms with van der Waals surface area (Å²) in [5.74, 6) is 0. The third kappa shape index (κ3) is 5.56. The number of anilines is 1. The van der Waals surface area contributed by atoms with E-state index in [-0.39, 0.29) is 0 Å². The highest BCUT2D eigenvalue weighted by atomic mass is 14.5. The molecule has 3 aromatic carbocycles. The predicted molar refractivity (Wildman–Crippen MR) is 112 cm³/mol. The Morgan fingerprint density at radius 3 is 1.71 bits per heavy atom. The minimum absolute atomic E-state index is 0.500. The second kappa shape index (κ2) is 8.19. The van der Waals surface area contributed by atoms with Gasteiger partial charge in [0, 0.05) is 5.69 Å². The smallest absolute Gasteiger partial charge is 0.0320 e. The lowest BCUT2D eigenvalue weighted by molar-refractivity contribution is 0.469. The van der Waals surface area contributed by atoms with Gasteiger partial charge in [-0.3, -0.25) is 0 Å². The van der Waals surface area contributed by atoms with E-state index in [1.807, 2.05) is 26.0 Å². The van der Waals surface area contributed by atoms with E-state index in [0.29, 0.717) is 5.41 Å². The Labute approximate surface area is 147 Å². The van der Waals surface area contributed by atoms with Crippen molar-refractivity contribution in [3.63, 3.8) is 0 Å². The van der Waals surface area contributed by atoms with Crippen LogP contribution < -0.4 is 5.73 Å². The Morgan fingerprint density at radius 1 is 0.708 bits per heavy atom. The Bertz CT molecular complexity index is 741. The van der Waals surface area contributed by atoms with Crippen molar-refractivity contribution in [3.8, 4) is 0 Å². The number of hydrogen-bond donors (Lipinski definition) is 1. The van der Waals surface area contributed by atoms with Crippen LogP contribution in [0.25, 0.3) is 21.5 Å². The van der Waals surface area contributed by atoms with Gasteiger partial charge in [0.25, 0.3) is 0 Å². The van der Waals surface area contributed by atoms with Gasteiger partial charge in [-0.05, 0) is 64.6 Å². The van der Waals surface area contributed by atoms with Gasteiger partial charge in [0.1, 0.15) is 0 Å². The standard InChI is InChI=1S/C16H15N.C5H12.C2H6/c1-10-3-5-15-11(2)16-6-4-14(17)9-13(16)8-12(15)7-10;1-5(2,3)4;1-2/h3-9H,17H2,1-2H3;1-4H3;1-2H3. The molecular formula is C23H33N. The molecule has 3 rings (SSSR count). The zero-order valence-electron chi connectivity index (χ0n) is 16.6. The van der Waals surface area contributed by atoms with Crippen LogP contribution in [0.15, 0.2) is 42.5 Å². The first kappa shape index (κ1) is 20.0. The van der Waals surface area contributed by atoms with Gasteiger partial charge in [-0.2, -0.15) is 0 Å². The molecule has 0 aliphatic carbocycles. The van der Waals surface area contributed by atoms with Gasteiger partial charge in [-0.25, -0.2) is 0 Å². The lowest BCUT2D eigenvalue weighted by Crippen LogP contribution is -1.93. The second-order valence-corrected chi connectivity index (χ2v) is 7.71. The SMILES string of the molecule is CC.CC(C)(C)C.Cc1ccc2c(C)c3ccc(N)cc3cc2c1. The highest BCUT2D eigenvalue weighted by molar-refractivity contribution is 6.03. The molecule has 0 aliphatic heterocycles. The molecule has 0 aromatic heterocycles. The van der Waals surface area contributed by atoms with Crippen molar-refractivity contribution < 1.29 is 0 Å². The minimum Gasteiger partial charge on any atom is -0.399 e. The van der Waals surface area contributed by atoms with E-state index in [2.05, 4.69) is 71.9 Å². The molecule has 0 heterocycles. The third-order valence-corrected chi connectivity index (χ3v) is 3.40. The lowest BCUT2D eigenvalue weighted by Gasteiger charge is -2.09. The van der Waals surface area contributed by atoms with E-state index in [9.17, 15) is 0 Å². The van der Waals surface area contributed by atoms with Crippen LogP contribution in [0, 0.1) is 19.3 Å². The maximum absolute atomic E-state index is 5.85. The van der Waals surface area contributed by atoms with E-state index in [1.165, 1.54) is 32.7 Å². The van der Waals surface area contributed by atoms with Crippen molar-refractivity contribution in [2.24, 2.45) is 5.41 Å². The molecule has 0 spiro atoms. The zero-order valence-corrected chi connectivity index (χ0v) is 16.6. The average molecular weight is 324 g/mol. The van der Waals surface area contributed by atoms with E-state index < -0.39 is 0 Å². The van der Waals surface area contributed by atoms with E-state index >= 15 is 0 Å². The Balaban J connectivity index is 0.000000356. The van der Waals surface area contributed by atoms with Gasteiger partial charge in [0.05, 0.1) is 0 Å². The van der Waals surface area contributed by atoms with E-state index in [4.69, 9.17) is 5.73 Å². The van der Waals surface area contributed by atoms with Crippen molar-refractivity contribution >= 4 is 27.2 Å². The molecule has 0 radical (unpaired) electrons. The second-order valence-electron chi connectivity index (χ2n) is 7.71. The fourth-order valence-electron chi connectivity index (χ4n) is 2.50. The third-order valence-electron chi connectivity index (χ3n) is 3.40. The van der Waals surface area contributed by atoms with Crippen molar-refractivity contribution in [3.05, 3.63) is 53.6 Å². The Hall–Kier alpha value is -2.02. The molecule has 130 valence electrons. The molecule has 0 unspecified atom stereocenters. The van der Waals surface area contributed by atoms with Gasteiger partial charge in [-0.15, -0.1) is 0 Å². The predicted octanol–water partition coefficient (Wildman–Crippen LogP) is 7.27. The normalized spacial score (nSPS) is 10.7. The van der Waals surface area contributed by atoms with Gasteiger partial charge in [0.2, 0.25) is 0 Å². The molecule has 0 aliphatic rings. The molecule has 0 amide bonds. The molecule has 0 atom stereocenters. The van der Waals surface area contributed by atoms with Crippen LogP contribution in [0.5, 0.6) is 0 Å². The first-order valence-electron chi connectivity index (χ1n) is 8.84. The fourth-order valence-corrected chi connectivity index (χ4v) is 2.50. The molecule has 1 heteroatoms. The van der Waals surface area contributed by atoms with Crippen LogP contribution in [0.2, 0.25) is 0 Å². The van der Waals surface area contributed by atoms with Gasteiger partial charge >= 0.3 is 0 Å². The molecule has 24 heavy (non-hydrogen) atoms. The van der Waals surface area contributed by atoms with Crippen molar-refractivity contribution in [2.45, 2.75) is 55.4 Å². The number of nitrogens with two attached hydrogens (primary N) is 1. The van der Waals surface area contributed by atoms with Gasteiger partial charge in [0.15, 0.2) is 0 Å². The summed E-state index contributed by atoms with van der Waals surface area (Å²) in [5, 5.41) is 5.13. The molecule has 0 bridgehead atoms. The molecule has 0 fully saturated rings. The van der Waals surface area contributed by atoms with Crippen molar-refractivity contribution in [1.82, 2.24) is 0 Å². The Morgan fingerprint density at radius 2 is 1.17 bits per heavy atom. The summed E-state index contributed by atoms with van der Waals surface area (Å²) >= 11 is 0. The lowest BCUT2D eigenvalue weighted by atomic mass is 9.96. The molecular weight excluding hydrogens is 290 g/mol. The van der Waals surface area contributed by atoms with Crippen molar-refractivity contribution in [1.29, 1.82) is 0 Å². The van der Waals surface area contributed by atoms with Crippen molar-refractivity contribution in [2.75, 3.05) is 5.73 Å². The topological polar surface area (TPSA) is 26.0 Å². The van der Waals surface area contributed by atoms with Crippen LogP contribution in [0.1, 0.15) is 52.7 Å². The summed E-state index contributed by atoms with van der Waals surface area (Å²) in [6.07, 6.45) is 0. The maximum atomic E-state index is 5.85. The molecule has 3 aromatic rings. The Kier molecular flexibility index (Phi) is 6.83. The van der Waals surface area contributed by atoms with Crippen LogP contribution in [-0.4, -0.2) is 0 Å². The van der Waals surface area contributed by atoms with Crippen LogP contribution >= 0.6 is 0 Å². The largest absolute Gasteiger partial charge is 0.399 e. The van der Waals surface area contributed by atoms with Gasteiger partial charge < -0.3 is 5.73 Å². The monoisotopic (exact) mass is 323 g/mol. The first-order valence-corrected chi connectivity index (χ1v) is 8.84. The van der Waals surface area contributed by atoms with Crippen LogP contribution in [0.3, 0.4) is 0 Å². The van der Waals surface area contributed by atoms with Crippen LogP contribution in [0.4, 0.5) is 5.69 Å². The quantitative estimate of drug-likeness (QED) is 0.341.